The molecule has 1 aromatic heterocycles. The zero-order chi connectivity index (χ0) is 18.0. The number of benzene rings is 1. The molecular weight excluding hydrogens is 351 g/mol. The predicted octanol–water partition coefficient (Wildman–Crippen LogP) is 1.44. The van der Waals surface area contributed by atoms with Crippen LogP contribution in [-0.2, 0) is 6.54 Å². The van der Waals surface area contributed by atoms with E-state index in [0.717, 1.165) is 17.4 Å². The maximum Gasteiger partial charge on any atom is 0.355 e. The quantitative estimate of drug-likeness (QED) is 0.743. The van der Waals surface area contributed by atoms with Gasteiger partial charge in [0.25, 0.3) is 5.91 Å². The third-order valence-corrected chi connectivity index (χ3v) is 4.38. The summed E-state index contributed by atoms with van der Waals surface area (Å²) in [5.41, 5.74) is 0.110. The first-order chi connectivity index (χ1) is 12.0. The van der Waals surface area contributed by atoms with Crippen molar-refractivity contribution >= 4 is 34.9 Å². The van der Waals surface area contributed by atoms with Gasteiger partial charge in [-0.25, -0.2) is 19.0 Å². The summed E-state index contributed by atoms with van der Waals surface area (Å²) in [6.07, 6.45) is 0. The van der Waals surface area contributed by atoms with Crippen LogP contribution >= 0.6 is 11.3 Å². The molecule has 0 atom stereocenters. The average Bonchev–Trinajstić information content (AvgIpc) is 3.22. The highest BCUT2D eigenvalue weighted by Gasteiger charge is 2.23. The molecule has 1 saturated heterocycles. The highest BCUT2D eigenvalue weighted by molar-refractivity contribution is 7.09. The van der Waals surface area contributed by atoms with Gasteiger partial charge in [-0.2, -0.15) is 0 Å². The van der Waals surface area contributed by atoms with E-state index in [0.29, 0.717) is 23.8 Å². The molecule has 0 bridgehead atoms. The van der Waals surface area contributed by atoms with Crippen LogP contribution in [0.3, 0.4) is 0 Å². The van der Waals surface area contributed by atoms with Crippen molar-refractivity contribution in [2.75, 3.05) is 18.0 Å². The van der Waals surface area contributed by atoms with Gasteiger partial charge in [-0.15, -0.1) is 11.3 Å². The first-order valence-corrected chi connectivity index (χ1v) is 8.14. The maximum atomic E-state index is 14.0. The molecule has 1 aliphatic heterocycles. The molecule has 10 heteroatoms. The van der Waals surface area contributed by atoms with Gasteiger partial charge in [0.2, 0.25) is 0 Å². The molecule has 0 unspecified atom stereocenters. The van der Waals surface area contributed by atoms with Crippen molar-refractivity contribution in [2.45, 2.75) is 6.54 Å². The number of aromatic nitrogens is 1. The maximum absolute atomic E-state index is 14.0. The van der Waals surface area contributed by atoms with Crippen molar-refractivity contribution in [2.24, 2.45) is 0 Å². The number of urea groups is 1. The number of carbonyl (C=O) groups is 3. The van der Waals surface area contributed by atoms with Gasteiger partial charge in [0.15, 0.2) is 5.69 Å². The minimum Gasteiger partial charge on any atom is -0.476 e. The van der Waals surface area contributed by atoms with Crippen LogP contribution in [0.1, 0.15) is 25.9 Å². The summed E-state index contributed by atoms with van der Waals surface area (Å²) in [7, 11) is 0. The number of thiazole rings is 1. The number of anilines is 1. The lowest BCUT2D eigenvalue weighted by Gasteiger charge is -2.15. The monoisotopic (exact) mass is 364 g/mol. The highest BCUT2D eigenvalue weighted by Crippen LogP contribution is 2.21. The van der Waals surface area contributed by atoms with Gasteiger partial charge in [-0.1, -0.05) is 0 Å². The van der Waals surface area contributed by atoms with E-state index in [1.165, 1.54) is 22.4 Å². The second-order valence-corrected chi connectivity index (χ2v) is 6.10. The van der Waals surface area contributed by atoms with Crippen LogP contribution in [0.25, 0.3) is 0 Å². The van der Waals surface area contributed by atoms with Crippen LogP contribution in [-0.4, -0.2) is 41.1 Å². The fraction of sp³-hybridized carbons (Fsp3) is 0.200. The Hall–Kier alpha value is -3.01. The summed E-state index contributed by atoms with van der Waals surface area (Å²) in [5.74, 6) is -2.55. The minimum absolute atomic E-state index is 0.0232. The summed E-state index contributed by atoms with van der Waals surface area (Å²) < 4.78 is 14.0. The highest BCUT2D eigenvalue weighted by atomic mass is 32.1. The number of carbonyl (C=O) groups excluding carboxylic acids is 2. The van der Waals surface area contributed by atoms with E-state index in [1.807, 2.05) is 0 Å². The molecule has 25 heavy (non-hydrogen) atoms. The average molecular weight is 364 g/mol. The molecule has 130 valence electrons. The van der Waals surface area contributed by atoms with E-state index < -0.39 is 17.7 Å². The molecule has 2 aromatic rings. The number of halogens is 1. The van der Waals surface area contributed by atoms with Gasteiger partial charge in [-0.3, -0.25) is 9.69 Å². The van der Waals surface area contributed by atoms with Gasteiger partial charge in [0.1, 0.15) is 10.8 Å². The molecule has 1 fully saturated rings. The number of hydrogen-bond donors (Lipinski definition) is 3. The molecular formula is C15H13FN4O4S. The van der Waals surface area contributed by atoms with Gasteiger partial charge < -0.3 is 15.7 Å². The normalized spacial score (nSPS) is 13.6. The van der Waals surface area contributed by atoms with Crippen molar-refractivity contribution in [3.8, 4) is 0 Å². The smallest absolute Gasteiger partial charge is 0.355 e. The first kappa shape index (κ1) is 16.8. The van der Waals surface area contributed by atoms with Crippen LogP contribution in [0, 0.1) is 5.82 Å². The SMILES string of the molecule is O=C(O)c1csc(CNC(=O)c2cc(N3CCNC3=O)ccc2F)n1. The van der Waals surface area contributed by atoms with Crippen LogP contribution < -0.4 is 15.5 Å². The molecule has 0 aliphatic carbocycles. The van der Waals surface area contributed by atoms with Gasteiger partial charge in [0, 0.05) is 24.2 Å². The minimum atomic E-state index is -1.16. The second-order valence-electron chi connectivity index (χ2n) is 5.16. The second kappa shape index (κ2) is 6.85. The number of carboxylic acid groups (broad SMARTS) is 1. The summed E-state index contributed by atoms with van der Waals surface area (Å²) in [6, 6.07) is 3.56. The molecule has 3 N–H and O–H groups in total. The lowest BCUT2D eigenvalue weighted by molar-refractivity contribution is 0.0691. The van der Waals surface area contributed by atoms with E-state index in [4.69, 9.17) is 5.11 Å². The largest absolute Gasteiger partial charge is 0.476 e. The van der Waals surface area contributed by atoms with Crippen molar-refractivity contribution in [1.82, 2.24) is 15.6 Å². The van der Waals surface area contributed by atoms with E-state index in [1.54, 1.807) is 0 Å². The van der Waals surface area contributed by atoms with Gasteiger partial charge in [-0.05, 0) is 18.2 Å². The summed E-state index contributed by atoms with van der Waals surface area (Å²) >= 11 is 1.08. The number of rotatable bonds is 5. The molecule has 0 spiro atoms. The molecule has 0 saturated carbocycles. The Labute approximate surface area is 145 Å². The zero-order valence-electron chi connectivity index (χ0n) is 12.8. The Kier molecular flexibility index (Phi) is 4.61. The first-order valence-electron chi connectivity index (χ1n) is 7.26. The Balaban J connectivity index is 1.72. The Bertz CT molecular complexity index is 854. The molecule has 2 heterocycles. The molecule has 1 aliphatic rings. The van der Waals surface area contributed by atoms with Crippen LogP contribution in [0.5, 0.6) is 0 Å². The van der Waals surface area contributed by atoms with Gasteiger partial charge in [0.05, 0.1) is 12.1 Å². The Morgan fingerprint density at radius 2 is 2.24 bits per heavy atom. The lowest BCUT2D eigenvalue weighted by atomic mass is 10.1. The third-order valence-electron chi connectivity index (χ3n) is 3.53. The van der Waals surface area contributed by atoms with Crippen molar-refractivity contribution in [3.63, 3.8) is 0 Å². The fourth-order valence-electron chi connectivity index (χ4n) is 2.31. The molecule has 0 radical (unpaired) electrons. The fourth-order valence-corrected chi connectivity index (χ4v) is 3.02. The number of nitrogens with zero attached hydrogens (tertiary/aromatic N) is 2. The van der Waals surface area contributed by atoms with E-state index in [9.17, 15) is 18.8 Å². The van der Waals surface area contributed by atoms with Crippen molar-refractivity contribution in [3.05, 3.63) is 45.7 Å². The lowest BCUT2D eigenvalue weighted by Crippen LogP contribution is -2.29. The molecule has 3 amide bonds. The molecule has 1 aromatic carbocycles. The van der Waals surface area contributed by atoms with Crippen LogP contribution in [0.2, 0.25) is 0 Å². The number of amides is 3. The number of carboxylic acids is 1. The Morgan fingerprint density at radius 3 is 2.88 bits per heavy atom. The summed E-state index contributed by atoms with van der Waals surface area (Å²) in [6.45, 7) is 0.890. The third kappa shape index (κ3) is 3.58. The zero-order valence-corrected chi connectivity index (χ0v) is 13.6. The number of nitrogens with one attached hydrogen (secondary N) is 2. The predicted molar refractivity (Wildman–Crippen MR) is 87.4 cm³/mol. The Morgan fingerprint density at radius 1 is 1.44 bits per heavy atom. The summed E-state index contributed by atoms with van der Waals surface area (Å²) in [5, 5.41) is 15.7. The van der Waals surface area contributed by atoms with Crippen LogP contribution in [0.4, 0.5) is 14.9 Å². The standard InChI is InChI=1S/C15H13FN4O4S/c16-10-2-1-8(20-4-3-17-15(20)24)5-9(10)13(21)18-6-12-19-11(7-25-12)14(22)23/h1-2,5,7H,3-4,6H2,(H,17,24)(H,18,21)(H,22,23). The van der Waals surface area contributed by atoms with Crippen molar-refractivity contribution in [1.29, 1.82) is 0 Å². The topological polar surface area (TPSA) is 112 Å². The van der Waals surface area contributed by atoms with E-state index in [-0.39, 0.29) is 23.8 Å². The molecule has 3 rings (SSSR count). The van der Waals surface area contributed by atoms with E-state index in [2.05, 4.69) is 15.6 Å². The summed E-state index contributed by atoms with van der Waals surface area (Å²) in [4.78, 5) is 39.9. The van der Waals surface area contributed by atoms with Gasteiger partial charge >= 0.3 is 12.0 Å². The number of aromatic carboxylic acids is 1. The number of hydrogen-bond acceptors (Lipinski definition) is 5. The van der Waals surface area contributed by atoms with E-state index >= 15 is 0 Å². The van der Waals surface area contributed by atoms with Crippen molar-refractivity contribution < 1.29 is 23.9 Å². The van der Waals surface area contributed by atoms with Crippen LogP contribution in [0.15, 0.2) is 23.6 Å². The molecule has 8 nitrogen and oxygen atoms in total.